The van der Waals surface area contributed by atoms with Crippen LogP contribution in [0.5, 0.6) is 0 Å². The molecule has 0 aliphatic rings. The van der Waals surface area contributed by atoms with Gasteiger partial charge >= 0.3 is 0 Å². The predicted octanol–water partition coefficient (Wildman–Crippen LogP) is 4.09. The minimum atomic E-state index is -0.516. The second-order valence-corrected chi connectivity index (χ2v) is 5.53. The maximum absolute atomic E-state index is 10.0. The summed E-state index contributed by atoms with van der Waals surface area (Å²) in [5.41, 5.74) is 1.89. The van der Waals surface area contributed by atoms with E-state index in [1.807, 2.05) is 48.5 Å². The van der Waals surface area contributed by atoms with Crippen LogP contribution in [0.3, 0.4) is 0 Å². The van der Waals surface area contributed by atoms with E-state index in [4.69, 9.17) is 11.6 Å². The highest BCUT2D eigenvalue weighted by molar-refractivity contribution is 14.1. The molecule has 2 rings (SSSR count). The Bertz CT molecular complexity index is 518. The highest BCUT2D eigenvalue weighted by Crippen LogP contribution is 2.23. The van der Waals surface area contributed by atoms with Crippen LogP contribution in [0.25, 0.3) is 0 Å². The average molecular weight is 374 g/mol. The van der Waals surface area contributed by atoms with Crippen LogP contribution in [0.1, 0.15) is 11.7 Å². The Labute approximate surface area is 125 Å². The van der Waals surface area contributed by atoms with Gasteiger partial charge < -0.3 is 10.4 Å². The van der Waals surface area contributed by atoms with E-state index >= 15 is 0 Å². The van der Waals surface area contributed by atoms with E-state index in [1.165, 1.54) is 0 Å². The van der Waals surface area contributed by atoms with E-state index in [0.29, 0.717) is 11.6 Å². The van der Waals surface area contributed by atoms with Crippen LogP contribution in [-0.4, -0.2) is 11.7 Å². The highest BCUT2D eigenvalue weighted by Gasteiger charge is 2.07. The fraction of sp³-hybridized carbons (Fsp3) is 0.143. The number of nitrogens with one attached hydrogen (secondary N) is 1. The molecule has 0 fully saturated rings. The molecule has 2 N–H and O–H groups in total. The molecule has 94 valence electrons. The largest absolute Gasteiger partial charge is 0.387 e. The normalized spacial score (nSPS) is 12.2. The first-order valence-electron chi connectivity index (χ1n) is 5.59. The van der Waals surface area contributed by atoms with Crippen LogP contribution in [0.2, 0.25) is 5.02 Å². The zero-order valence-electron chi connectivity index (χ0n) is 9.61. The fourth-order valence-electron chi connectivity index (χ4n) is 1.63. The number of aliphatic hydroxyl groups is 1. The lowest BCUT2D eigenvalue weighted by molar-refractivity contribution is 0.191. The van der Waals surface area contributed by atoms with Crippen LogP contribution in [0.4, 0.5) is 5.69 Å². The minimum Gasteiger partial charge on any atom is -0.387 e. The Balaban J connectivity index is 1.99. The average Bonchev–Trinajstić information content (AvgIpc) is 2.38. The molecule has 0 saturated carbocycles. The summed E-state index contributed by atoms with van der Waals surface area (Å²) in [5.74, 6) is 0. The van der Waals surface area contributed by atoms with Crippen molar-refractivity contribution in [2.45, 2.75) is 6.10 Å². The number of hydrogen-bond acceptors (Lipinski definition) is 2. The van der Waals surface area contributed by atoms with Gasteiger partial charge in [-0.15, -0.1) is 0 Å². The maximum Gasteiger partial charge on any atom is 0.0962 e. The number of hydrogen-bond donors (Lipinski definition) is 2. The van der Waals surface area contributed by atoms with E-state index in [0.717, 1.165) is 14.8 Å². The summed E-state index contributed by atoms with van der Waals surface area (Å²) in [4.78, 5) is 0. The number of halogens is 2. The van der Waals surface area contributed by atoms with Crippen molar-refractivity contribution in [3.05, 3.63) is 62.7 Å². The quantitative estimate of drug-likeness (QED) is 0.791. The molecular formula is C14H13ClINO. The van der Waals surface area contributed by atoms with Gasteiger partial charge in [0, 0.05) is 20.8 Å². The predicted molar refractivity (Wildman–Crippen MR) is 84.1 cm³/mol. The van der Waals surface area contributed by atoms with Crippen molar-refractivity contribution in [3.63, 3.8) is 0 Å². The summed E-state index contributed by atoms with van der Waals surface area (Å²) in [6, 6.07) is 15.3. The Morgan fingerprint density at radius 2 is 1.89 bits per heavy atom. The number of benzene rings is 2. The third-order valence-electron chi connectivity index (χ3n) is 2.60. The zero-order chi connectivity index (χ0) is 13.0. The van der Waals surface area contributed by atoms with Gasteiger partial charge in [0.25, 0.3) is 0 Å². The maximum atomic E-state index is 10.0. The summed E-state index contributed by atoms with van der Waals surface area (Å²) in [7, 11) is 0. The van der Waals surface area contributed by atoms with Crippen molar-refractivity contribution < 1.29 is 5.11 Å². The Kier molecular flexibility index (Phi) is 4.86. The van der Waals surface area contributed by atoms with Crippen molar-refractivity contribution in [3.8, 4) is 0 Å². The standard InChI is InChI=1S/C14H13ClINO/c15-11-6-7-13(12(16)8-11)17-9-14(18)10-4-2-1-3-5-10/h1-8,14,17-18H,9H2. The van der Waals surface area contributed by atoms with Crippen molar-refractivity contribution in [2.75, 3.05) is 11.9 Å². The molecule has 0 amide bonds. The molecule has 2 aromatic rings. The molecular weight excluding hydrogens is 361 g/mol. The van der Waals surface area contributed by atoms with Crippen molar-refractivity contribution in [1.82, 2.24) is 0 Å². The minimum absolute atomic E-state index is 0.474. The first-order valence-corrected chi connectivity index (χ1v) is 7.04. The second kappa shape index (κ2) is 6.41. The zero-order valence-corrected chi connectivity index (χ0v) is 12.5. The molecule has 0 aliphatic heterocycles. The number of aliphatic hydroxyl groups excluding tert-OH is 1. The lowest BCUT2D eigenvalue weighted by Crippen LogP contribution is -2.12. The van der Waals surface area contributed by atoms with Crippen molar-refractivity contribution >= 4 is 39.9 Å². The molecule has 4 heteroatoms. The third-order valence-corrected chi connectivity index (χ3v) is 3.73. The van der Waals surface area contributed by atoms with Crippen LogP contribution in [0, 0.1) is 3.57 Å². The topological polar surface area (TPSA) is 32.3 Å². The van der Waals surface area contributed by atoms with Gasteiger partial charge in [-0.25, -0.2) is 0 Å². The van der Waals surface area contributed by atoms with E-state index < -0.39 is 6.10 Å². The second-order valence-electron chi connectivity index (χ2n) is 3.93. The van der Waals surface area contributed by atoms with Crippen LogP contribution < -0.4 is 5.32 Å². The van der Waals surface area contributed by atoms with Gasteiger partial charge in [-0.2, -0.15) is 0 Å². The molecule has 0 saturated heterocycles. The summed E-state index contributed by atoms with van der Waals surface area (Å²) >= 11 is 8.11. The Hall–Kier alpha value is -0.780. The summed E-state index contributed by atoms with van der Waals surface area (Å²) in [6.45, 7) is 0.474. The van der Waals surface area contributed by atoms with E-state index in [1.54, 1.807) is 0 Å². The molecule has 0 aliphatic carbocycles. The van der Waals surface area contributed by atoms with Crippen LogP contribution in [0.15, 0.2) is 48.5 Å². The Morgan fingerprint density at radius 3 is 2.56 bits per heavy atom. The summed E-state index contributed by atoms with van der Waals surface area (Å²) in [6.07, 6.45) is -0.516. The number of anilines is 1. The molecule has 0 bridgehead atoms. The van der Waals surface area contributed by atoms with E-state index in [9.17, 15) is 5.11 Å². The van der Waals surface area contributed by atoms with Gasteiger partial charge in [0.15, 0.2) is 0 Å². The van der Waals surface area contributed by atoms with E-state index in [2.05, 4.69) is 27.9 Å². The van der Waals surface area contributed by atoms with Gasteiger partial charge in [0.2, 0.25) is 0 Å². The molecule has 2 aromatic carbocycles. The molecule has 0 heterocycles. The van der Waals surface area contributed by atoms with Crippen LogP contribution in [-0.2, 0) is 0 Å². The lowest BCUT2D eigenvalue weighted by atomic mass is 10.1. The van der Waals surface area contributed by atoms with Gasteiger partial charge in [-0.3, -0.25) is 0 Å². The van der Waals surface area contributed by atoms with Crippen LogP contribution >= 0.6 is 34.2 Å². The molecule has 0 aromatic heterocycles. The first-order chi connectivity index (χ1) is 8.66. The molecule has 0 spiro atoms. The summed E-state index contributed by atoms with van der Waals surface area (Å²) < 4.78 is 1.04. The highest BCUT2D eigenvalue weighted by atomic mass is 127. The molecule has 18 heavy (non-hydrogen) atoms. The van der Waals surface area contributed by atoms with Crippen molar-refractivity contribution in [1.29, 1.82) is 0 Å². The molecule has 1 atom stereocenters. The lowest BCUT2D eigenvalue weighted by Gasteiger charge is -2.14. The molecule has 2 nitrogen and oxygen atoms in total. The van der Waals surface area contributed by atoms with Gasteiger partial charge in [0.1, 0.15) is 0 Å². The Morgan fingerprint density at radius 1 is 1.17 bits per heavy atom. The molecule has 0 radical (unpaired) electrons. The monoisotopic (exact) mass is 373 g/mol. The molecule has 1 unspecified atom stereocenters. The van der Waals surface area contributed by atoms with Crippen molar-refractivity contribution in [2.24, 2.45) is 0 Å². The third kappa shape index (κ3) is 3.60. The first kappa shape index (κ1) is 13.6. The van der Waals surface area contributed by atoms with E-state index in [-0.39, 0.29) is 0 Å². The van der Waals surface area contributed by atoms with Gasteiger partial charge in [-0.05, 0) is 46.4 Å². The van der Waals surface area contributed by atoms with Gasteiger partial charge in [-0.1, -0.05) is 41.9 Å². The summed E-state index contributed by atoms with van der Waals surface area (Å²) in [5, 5.41) is 14.0. The smallest absolute Gasteiger partial charge is 0.0962 e. The fourth-order valence-corrected chi connectivity index (χ4v) is 2.69. The van der Waals surface area contributed by atoms with Gasteiger partial charge in [0.05, 0.1) is 6.10 Å². The number of rotatable bonds is 4. The SMILES string of the molecule is OC(CNc1ccc(Cl)cc1I)c1ccccc1.